The summed E-state index contributed by atoms with van der Waals surface area (Å²) in [5.41, 5.74) is 0.0658. The summed E-state index contributed by atoms with van der Waals surface area (Å²) in [5.74, 6) is 0.965. The average Bonchev–Trinajstić information content (AvgIpc) is 2.66. The van der Waals surface area contributed by atoms with Crippen LogP contribution in [0.25, 0.3) is 0 Å². The Kier molecular flexibility index (Phi) is 3.99. The molecule has 1 aromatic heterocycles. The summed E-state index contributed by atoms with van der Waals surface area (Å²) < 4.78 is 3.47. The molecule has 0 saturated heterocycles. The summed E-state index contributed by atoms with van der Waals surface area (Å²) in [7, 11) is 1.95. The Bertz CT molecular complexity index is 421. The molecule has 0 aromatic carbocycles. The lowest BCUT2D eigenvalue weighted by Gasteiger charge is -2.13. The van der Waals surface area contributed by atoms with E-state index in [9.17, 15) is 4.79 Å². The molecule has 1 aliphatic rings. The van der Waals surface area contributed by atoms with Gasteiger partial charge in [-0.05, 0) is 26.3 Å². The van der Waals surface area contributed by atoms with Gasteiger partial charge in [-0.1, -0.05) is 13.3 Å². The number of hydrogen-bond donors (Lipinski definition) is 1. The second-order valence-electron chi connectivity index (χ2n) is 4.76. The van der Waals surface area contributed by atoms with Gasteiger partial charge in [0.2, 0.25) is 0 Å². The van der Waals surface area contributed by atoms with Gasteiger partial charge in [-0.25, -0.2) is 9.48 Å². The first-order valence-corrected chi connectivity index (χ1v) is 6.60. The highest BCUT2D eigenvalue weighted by Crippen LogP contribution is 2.09. The highest BCUT2D eigenvalue weighted by atomic mass is 16.2. The van der Waals surface area contributed by atoms with Gasteiger partial charge in [0.15, 0.2) is 0 Å². The minimum absolute atomic E-state index is 0.0658. The summed E-state index contributed by atoms with van der Waals surface area (Å²) in [6.45, 7) is 3.68. The molecule has 0 amide bonds. The third-order valence-corrected chi connectivity index (χ3v) is 3.47. The van der Waals surface area contributed by atoms with Gasteiger partial charge < -0.3 is 5.32 Å². The van der Waals surface area contributed by atoms with Crippen LogP contribution in [0.3, 0.4) is 0 Å². The summed E-state index contributed by atoms with van der Waals surface area (Å²) >= 11 is 0. The fraction of sp³-hybridized carbons (Fsp3) is 0.833. The van der Waals surface area contributed by atoms with E-state index in [1.165, 1.54) is 0 Å². The molecule has 17 heavy (non-hydrogen) atoms. The van der Waals surface area contributed by atoms with Crippen molar-refractivity contribution in [1.29, 1.82) is 0 Å². The van der Waals surface area contributed by atoms with Crippen molar-refractivity contribution in [2.24, 2.45) is 0 Å². The van der Waals surface area contributed by atoms with E-state index in [2.05, 4.69) is 17.3 Å². The predicted molar refractivity (Wildman–Crippen MR) is 67.2 cm³/mol. The Morgan fingerprint density at radius 3 is 2.94 bits per heavy atom. The molecule has 1 atom stereocenters. The van der Waals surface area contributed by atoms with Gasteiger partial charge in [-0.2, -0.15) is 5.10 Å². The second-order valence-corrected chi connectivity index (χ2v) is 4.76. The molecule has 0 saturated carbocycles. The topological polar surface area (TPSA) is 51.9 Å². The van der Waals surface area contributed by atoms with E-state index >= 15 is 0 Å². The van der Waals surface area contributed by atoms with Gasteiger partial charge in [0.05, 0.1) is 6.54 Å². The Morgan fingerprint density at radius 1 is 1.47 bits per heavy atom. The van der Waals surface area contributed by atoms with E-state index in [1.54, 1.807) is 4.68 Å². The minimum Gasteiger partial charge on any atom is -0.315 e. The van der Waals surface area contributed by atoms with Crippen molar-refractivity contribution in [1.82, 2.24) is 19.7 Å². The number of nitrogens with one attached hydrogen (secondary N) is 1. The van der Waals surface area contributed by atoms with Crippen LogP contribution >= 0.6 is 0 Å². The van der Waals surface area contributed by atoms with Crippen molar-refractivity contribution < 1.29 is 0 Å². The monoisotopic (exact) mass is 238 g/mol. The standard InChI is InChI=1S/C12H22N4O/c1-3-6-10(13-2)9-16-12(17)15-8-5-4-7-11(15)14-16/h10,13H,3-9H2,1-2H3. The van der Waals surface area contributed by atoms with E-state index in [1.807, 2.05) is 11.6 Å². The number of nitrogens with zero attached hydrogens (tertiary/aromatic N) is 3. The van der Waals surface area contributed by atoms with Crippen molar-refractivity contribution in [3.63, 3.8) is 0 Å². The molecule has 5 heteroatoms. The van der Waals surface area contributed by atoms with Gasteiger partial charge >= 0.3 is 5.69 Å². The maximum absolute atomic E-state index is 12.1. The number of fused-ring (bicyclic) bond motifs is 1. The first-order valence-electron chi connectivity index (χ1n) is 6.60. The first-order chi connectivity index (χ1) is 8.26. The van der Waals surface area contributed by atoms with Crippen LogP contribution in [0.5, 0.6) is 0 Å². The Balaban J connectivity index is 2.16. The Labute approximate surface area is 102 Å². The molecular formula is C12H22N4O. The van der Waals surface area contributed by atoms with Crippen molar-refractivity contribution in [3.05, 3.63) is 16.3 Å². The number of aryl methyl sites for hydroxylation is 1. The number of aromatic nitrogens is 3. The Hall–Kier alpha value is -1.10. The van der Waals surface area contributed by atoms with E-state index in [-0.39, 0.29) is 5.69 Å². The van der Waals surface area contributed by atoms with Crippen molar-refractivity contribution in [3.8, 4) is 0 Å². The first kappa shape index (κ1) is 12.4. The zero-order valence-corrected chi connectivity index (χ0v) is 10.8. The maximum Gasteiger partial charge on any atom is 0.345 e. The van der Waals surface area contributed by atoms with Gasteiger partial charge in [-0.3, -0.25) is 4.57 Å². The van der Waals surface area contributed by atoms with E-state index in [4.69, 9.17) is 0 Å². The zero-order valence-electron chi connectivity index (χ0n) is 10.8. The lowest BCUT2D eigenvalue weighted by atomic mass is 10.2. The SMILES string of the molecule is CCCC(Cn1nc2n(c1=O)CCCC2)NC. The smallest absolute Gasteiger partial charge is 0.315 e. The molecule has 0 radical (unpaired) electrons. The fourth-order valence-electron chi connectivity index (χ4n) is 2.45. The molecule has 1 N–H and O–H groups in total. The van der Waals surface area contributed by atoms with Crippen LogP contribution in [0.4, 0.5) is 0 Å². The summed E-state index contributed by atoms with van der Waals surface area (Å²) in [5, 5.41) is 7.70. The lowest BCUT2D eigenvalue weighted by molar-refractivity contribution is 0.416. The maximum atomic E-state index is 12.1. The fourth-order valence-corrected chi connectivity index (χ4v) is 2.45. The van der Waals surface area contributed by atoms with E-state index in [0.29, 0.717) is 12.6 Å². The lowest BCUT2D eigenvalue weighted by Crippen LogP contribution is -2.35. The summed E-state index contributed by atoms with van der Waals surface area (Å²) in [6.07, 6.45) is 5.39. The largest absolute Gasteiger partial charge is 0.345 e. The van der Waals surface area contributed by atoms with E-state index < -0.39 is 0 Å². The third-order valence-electron chi connectivity index (χ3n) is 3.47. The molecule has 0 fully saturated rings. The quantitative estimate of drug-likeness (QED) is 0.824. The molecule has 0 aliphatic carbocycles. The zero-order chi connectivity index (χ0) is 12.3. The van der Waals surface area contributed by atoms with E-state index in [0.717, 1.165) is 44.5 Å². The molecule has 1 unspecified atom stereocenters. The van der Waals surface area contributed by atoms with Crippen LogP contribution in [-0.4, -0.2) is 27.4 Å². The number of likely N-dealkylation sites (N-methyl/N-ethyl adjacent to an activating group) is 1. The normalized spacial score (nSPS) is 16.8. The van der Waals surface area contributed by atoms with Crippen LogP contribution in [0.1, 0.15) is 38.4 Å². The highest BCUT2D eigenvalue weighted by molar-refractivity contribution is 4.91. The number of rotatable bonds is 5. The second kappa shape index (κ2) is 5.49. The van der Waals surface area contributed by atoms with Crippen LogP contribution in [0, 0.1) is 0 Å². The molecule has 0 spiro atoms. The van der Waals surface area contributed by atoms with Crippen molar-refractivity contribution in [2.45, 2.75) is 58.2 Å². The van der Waals surface area contributed by atoms with Crippen LogP contribution in [0.15, 0.2) is 4.79 Å². The molecule has 0 bridgehead atoms. The molecular weight excluding hydrogens is 216 g/mol. The van der Waals surface area contributed by atoms with Crippen LogP contribution in [-0.2, 0) is 19.5 Å². The minimum atomic E-state index is 0.0658. The average molecular weight is 238 g/mol. The van der Waals surface area contributed by atoms with Crippen molar-refractivity contribution >= 4 is 0 Å². The van der Waals surface area contributed by atoms with Gasteiger partial charge in [0, 0.05) is 19.0 Å². The molecule has 1 aliphatic heterocycles. The molecule has 2 heterocycles. The molecule has 2 rings (SSSR count). The Morgan fingerprint density at radius 2 is 2.29 bits per heavy atom. The molecule has 5 nitrogen and oxygen atoms in total. The summed E-state index contributed by atoms with van der Waals surface area (Å²) in [4.78, 5) is 12.1. The predicted octanol–water partition coefficient (Wildman–Crippen LogP) is 0.769. The molecule has 1 aromatic rings. The highest BCUT2D eigenvalue weighted by Gasteiger charge is 2.18. The van der Waals surface area contributed by atoms with Crippen LogP contribution in [0.2, 0.25) is 0 Å². The van der Waals surface area contributed by atoms with Crippen molar-refractivity contribution in [2.75, 3.05) is 7.05 Å². The third kappa shape index (κ3) is 2.60. The van der Waals surface area contributed by atoms with Crippen LogP contribution < -0.4 is 11.0 Å². The molecule has 96 valence electrons. The van der Waals surface area contributed by atoms with Gasteiger partial charge in [0.1, 0.15) is 5.82 Å². The number of hydrogen-bond acceptors (Lipinski definition) is 3. The van der Waals surface area contributed by atoms with Gasteiger partial charge in [-0.15, -0.1) is 0 Å². The summed E-state index contributed by atoms with van der Waals surface area (Å²) in [6, 6.07) is 0.342. The van der Waals surface area contributed by atoms with Gasteiger partial charge in [0.25, 0.3) is 0 Å².